The molecule has 0 amide bonds. The molecule has 0 atom stereocenters. The smallest absolute Gasteiger partial charge is 0.222 e. The van der Waals surface area contributed by atoms with E-state index in [0.717, 1.165) is 24.1 Å². The van der Waals surface area contributed by atoms with E-state index in [-0.39, 0.29) is 0 Å². The number of piperidine rings is 1. The van der Waals surface area contributed by atoms with Crippen molar-refractivity contribution in [3.8, 4) is 0 Å². The molecule has 17 heavy (non-hydrogen) atoms. The summed E-state index contributed by atoms with van der Waals surface area (Å²) in [4.78, 5) is 11.0. The predicted molar refractivity (Wildman–Crippen MR) is 70.1 cm³/mol. The first-order valence-corrected chi connectivity index (χ1v) is 6.46. The van der Waals surface area contributed by atoms with Gasteiger partial charge in [-0.25, -0.2) is 9.97 Å². The highest BCUT2D eigenvalue weighted by Gasteiger charge is 2.15. The van der Waals surface area contributed by atoms with Crippen LogP contribution in [-0.4, -0.2) is 41.5 Å². The van der Waals surface area contributed by atoms with Crippen molar-refractivity contribution in [1.29, 1.82) is 0 Å². The van der Waals surface area contributed by atoms with Gasteiger partial charge in [-0.1, -0.05) is 0 Å². The minimum atomic E-state index is 0.762. The highest BCUT2D eigenvalue weighted by molar-refractivity contribution is 5.24. The number of nitrogens with zero attached hydrogens (tertiary/aromatic N) is 3. The molecule has 1 aromatic heterocycles. The summed E-state index contributed by atoms with van der Waals surface area (Å²) in [5.41, 5.74) is 1.02. The van der Waals surface area contributed by atoms with Gasteiger partial charge in [-0.3, -0.25) is 0 Å². The van der Waals surface area contributed by atoms with E-state index < -0.39 is 0 Å². The number of aromatic nitrogens is 2. The van der Waals surface area contributed by atoms with Crippen molar-refractivity contribution in [3.63, 3.8) is 0 Å². The first-order chi connectivity index (χ1) is 8.24. The van der Waals surface area contributed by atoms with Crippen LogP contribution in [0.25, 0.3) is 0 Å². The quantitative estimate of drug-likeness (QED) is 0.864. The van der Waals surface area contributed by atoms with Gasteiger partial charge in [0.2, 0.25) is 5.95 Å². The molecule has 1 aliphatic heterocycles. The number of hydrogen-bond donors (Lipinski definition) is 1. The second-order valence-electron chi connectivity index (χ2n) is 4.98. The summed E-state index contributed by atoms with van der Waals surface area (Å²) in [6.07, 6.45) is 5.69. The van der Waals surface area contributed by atoms with Crippen LogP contribution in [0, 0.1) is 12.8 Å². The van der Waals surface area contributed by atoms with Crippen molar-refractivity contribution in [2.45, 2.75) is 26.2 Å². The van der Waals surface area contributed by atoms with Crippen LogP contribution in [0.1, 0.15) is 25.0 Å². The molecule has 1 aromatic rings. The number of aryl methyl sites for hydroxylation is 1. The summed E-state index contributed by atoms with van der Waals surface area (Å²) in [7, 11) is 2.20. The largest absolute Gasteiger partial charge is 0.354 e. The van der Waals surface area contributed by atoms with Crippen molar-refractivity contribution in [3.05, 3.63) is 18.0 Å². The molecule has 4 nitrogen and oxygen atoms in total. The van der Waals surface area contributed by atoms with Crippen molar-refractivity contribution >= 4 is 5.95 Å². The number of rotatable bonds is 4. The maximum Gasteiger partial charge on any atom is 0.222 e. The Morgan fingerprint density at radius 1 is 1.41 bits per heavy atom. The van der Waals surface area contributed by atoms with Crippen LogP contribution in [-0.2, 0) is 0 Å². The molecular weight excluding hydrogens is 212 g/mol. The van der Waals surface area contributed by atoms with E-state index in [0.29, 0.717) is 0 Å². The predicted octanol–water partition coefficient (Wildman–Crippen LogP) is 1.93. The Hall–Kier alpha value is -1.16. The Bertz CT molecular complexity index is 345. The minimum absolute atomic E-state index is 0.762. The zero-order valence-corrected chi connectivity index (χ0v) is 10.8. The van der Waals surface area contributed by atoms with Gasteiger partial charge in [0, 0.05) is 18.4 Å². The molecule has 0 saturated carbocycles. The Morgan fingerprint density at radius 2 is 2.18 bits per heavy atom. The van der Waals surface area contributed by atoms with E-state index in [9.17, 15) is 0 Å². The third kappa shape index (κ3) is 3.97. The van der Waals surface area contributed by atoms with Gasteiger partial charge < -0.3 is 10.2 Å². The van der Waals surface area contributed by atoms with Gasteiger partial charge in [-0.15, -0.1) is 0 Å². The first kappa shape index (κ1) is 12.3. The highest BCUT2D eigenvalue weighted by atomic mass is 15.1. The summed E-state index contributed by atoms with van der Waals surface area (Å²) in [6, 6.07) is 1.92. The molecule has 4 heteroatoms. The molecular formula is C13H22N4. The van der Waals surface area contributed by atoms with Gasteiger partial charge >= 0.3 is 0 Å². The standard InChI is InChI=1S/C13H22N4/c1-11-3-7-14-13(16-11)15-8-4-12-5-9-17(2)10-6-12/h3,7,12H,4-6,8-10H2,1-2H3,(H,14,15,16). The second-order valence-corrected chi connectivity index (χ2v) is 4.98. The molecule has 0 radical (unpaired) electrons. The van der Waals surface area contributed by atoms with E-state index in [1.807, 2.05) is 13.0 Å². The lowest BCUT2D eigenvalue weighted by molar-refractivity contribution is 0.215. The van der Waals surface area contributed by atoms with Crippen LogP contribution in [0.5, 0.6) is 0 Å². The Morgan fingerprint density at radius 3 is 2.88 bits per heavy atom. The van der Waals surface area contributed by atoms with Crippen LogP contribution in [0.15, 0.2) is 12.3 Å². The third-order valence-corrected chi connectivity index (χ3v) is 3.47. The SMILES string of the molecule is Cc1ccnc(NCCC2CCN(C)CC2)n1. The zero-order chi connectivity index (χ0) is 12.1. The minimum Gasteiger partial charge on any atom is -0.354 e. The molecule has 1 saturated heterocycles. The zero-order valence-electron chi connectivity index (χ0n) is 10.8. The molecule has 0 bridgehead atoms. The van der Waals surface area contributed by atoms with Gasteiger partial charge in [-0.05, 0) is 58.3 Å². The molecule has 0 aromatic carbocycles. The molecule has 0 unspecified atom stereocenters. The van der Waals surface area contributed by atoms with Crippen molar-refractivity contribution in [2.24, 2.45) is 5.92 Å². The van der Waals surface area contributed by atoms with Crippen LogP contribution in [0.3, 0.4) is 0 Å². The Balaban J connectivity index is 1.69. The van der Waals surface area contributed by atoms with E-state index in [1.54, 1.807) is 6.20 Å². The third-order valence-electron chi connectivity index (χ3n) is 3.47. The summed E-state index contributed by atoms with van der Waals surface area (Å²) in [5.74, 6) is 1.63. The molecule has 2 heterocycles. The normalized spacial score (nSPS) is 18.2. The van der Waals surface area contributed by atoms with Crippen LogP contribution in [0.2, 0.25) is 0 Å². The second kappa shape index (κ2) is 5.96. The molecule has 0 aliphatic carbocycles. The van der Waals surface area contributed by atoms with Crippen molar-refractivity contribution in [1.82, 2.24) is 14.9 Å². The average molecular weight is 234 g/mol. The molecule has 1 N–H and O–H groups in total. The number of nitrogens with one attached hydrogen (secondary N) is 1. The molecule has 2 rings (SSSR count). The molecule has 94 valence electrons. The van der Waals surface area contributed by atoms with Gasteiger partial charge in [-0.2, -0.15) is 0 Å². The monoisotopic (exact) mass is 234 g/mol. The number of anilines is 1. The molecule has 0 spiro atoms. The maximum absolute atomic E-state index is 4.34. The Labute approximate surface area is 103 Å². The van der Waals surface area contributed by atoms with Crippen molar-refractivity contribution in [2.75, 3.05) is 32.0 Å². The van der Waals surface area contributed by atoms with E-state index in [2.05, 4.69) is 27.2 Å². The molecule has 1 aliphatic rings. The van der Waals surface area contributed by atoms with E-state index in [1.165, 1.54) is 32.4 Å². The van der Waals surface area contributed by atoms with Crippen molar-refractivity contribution < 1.29 is 0 Å². The fraction of sp³-hybridized carbons (Fsp3) is 0.692. The van der Waals surface area contributed by atoms with Crippen LogP contribution >= 0.6 is 0 Å². The average Bonchev–Trinajstić information content (AvgIpc) is 2.32. The fourth-order valence-electron chi connectivity index (χ4n) is 2.27. The topological polar surface area (TPSA) is 41.1 Å². The van der Waals surface area contributed by atoms with Crippen LogP contribution < -0.4 is 5.32 Å². The summed E-state index contributed by atoms with van der Waals surface area (Å²) >= 11 is 0. The lowest BCUT2D eigenvalue weighted by Crippen LogP contribution is -2.30. The fourth-order valence-corrected chi connectivity index (χ4v) is 2.27. The van der Waals surface area contributed by atoms with Gasteiger partial charge in [0.15, 0.2) is 0 Å². The maximum atomic E-state index is 4.34. The molecule has 1 fully saturated rings. The van der Waals surface area contributed by atoms with E-state index >= 15 is 0 Å². The number of hydrogen-bond acceptors (Lipinski definition) is 4. The van der Waals surface area contributed by atoms with Gasteiger partial charge in [0.05, 0.1) is 0 Å². The van der Waals surface area contributed by atoms with Gasteiger partial charge in [0.1, 0.15) is 0 Å². The van der Waals surface area contributed by atoms with Gasteiger partial charge in [0.25, 0.3) is 0 Å². The first-order valence-electron chi connectivity index (χ1n) is 6.46. The van der Waals surface area contributed by atoms with Crippen LogP contribution in [0.4, 0.5) is 5.95 Å². The lowest BCUT2D eigenvalue weighted by atomic mass is 9.94. The Kier molecular flexibility index (Phi) is 4.31. The summed E-state index contributed by atoms with van der Waals surface area (Å²) in [5, 5.41) is 3.31. The summed E-state index contributed by atoms with van der Waals surface area (Å²) in [6.45, 7) is 5.46. The lowest BCUT2D eigenvalue weighted by Gasteiger charge is -2.28. The highest BCUT2D eigenvalue weighted by Crippen LogP contribution is 2.19. The number of likely N-dealkylation sites (tertiary alicyclic amines) is 1. The summed E-state index contributed by atoms with van der Waals surface area (Å²) < 4.78 is 0. The van der Waals surface area contributed by atoms with E-state index in [4.69, 9.17) is 0 Å².